The topological polar surface area (TPSA) is 73.5 Å². The third-order valence-electron chi connectivity index (χ3n) is 5.49. The van der Waals surface area contributed by atoms with Crippen LogP contribution in [0.5, 0.6) is 0 Å². The Hall–Kier alpha value is -4.49. The van der Waals surface area contributed by atoms with E-state index in [1.807, 2.05) is 0 Å². The number of aromatic nitrogens is 2. The predicted molar refractivity (Wildman–Crippen MR) is 133 cm³/mol. The summed E-state index contributed by atoms with van der Waals surface area (Å²) in [7, 11) is 0. The average Bonchev–Trinajstić information content (AvgIpc) is 3.50. The molecule has 0 aliphatic rings. The van der Waals surface area contributed by atoms with Crippen molar-refractivity contribution in [3.8, 4) is 22.9 Å². The molecule has 8 heteroatoms. The monoisotopic (exact) mass is 483 g/mol. The standard InChI is InChI=1S/C27H15ClFN3O3/c28-18-8-10-24-17(12-18)14-25(35-24)26-31-22-7-2-1-6-21(22)27(33)32(26)30-15-20-9-11-23(34-20)16-4-3-5-19(29)13-16/h1-15H. The van der Waals surface area contributed by atoms with Crippen LogP contribution in [0.25, 0.3) is 44.8 Å². The molecule has 3 aromatic heterocycles. The molecular weight excluding hydrogens is 469 g/mol. The van der Waals surface area contributed by atoms with Crippen LogP contribution in [-0.2, 0) is 0 Å². The normalized spacial score (nSPS) is 11.7. The van der Waals surface area contributed by atoms with E-state index < -0.39 is 0 Å². The van der Waals surface area contributed by atoms with E-state index in [4.69, 9.17) is 20.4 Å². The summed E-state index contributed by atoms with van der Waals surface area (Å²) in [4.78, 5) is 18.0. The first-order valence-electron chi connectivity index (χ1n) is 10.7. The smallest absolute Gasteiger partial charge is 0.282 e. The van der Waals surface area contributed by atoms with Crippen molar-refractivity contribution in [1.29, 1.82) is 0 Å². The Labute approximate surface area is 202 Å². The first-order chi connectivity index (χ1) is 17.0. The van der Waals surface area contributed by atoms with E-state index in [9.17, 15) is 9.18 Å². The highest BCUT2D eigenvalue weighted by Crippen LogP contribution is 2.29. The number of benzene rings is 3. The highest BCUT2D eigenvalue weighted by Gasteiger charge is 2.17. The number of hydrogen-bond donors (Lipinski definition) is 0. The third kappa shape index (κ3) is 3.92. The van der Waals surface area contributed by atoms with E-state index in [2.05, 4.69) is 10.1 Å². The van der Waals surface area contributed by atoms with Crippen LogP contribution in [0.1, 0.15) is 5.76 Å². The average molecular weight is 484 g/mol. The first kappa shape index (κ1) is 21.1. The van der Waals surface area contributed by atoms with Gasteiger partial charge in [0.15, 0.2) is 5.76 Å². The van der Waals surface area contributed by atoms with Crippen LogP contribution in [0.3, 0.4) is 0 Å². The van der Waals surface area contributed by atoms with Gasteiger partial charge >= 0.3 is 0 Å². The molecule has 0 N–H and O–H groups in total. The SMILES string of the molecule is O=c1c2ccccc2nc(-c2cc3cc(Cl)ccc3o2)n1N=Cc1ccc(-c2cccc(F)c2)o1. The number of halogens is 2. The molecule has 0 aliphatic heterocycles. The fourth-order valence-electron chi connectivity index (χ4n) is 3.85. The molecule has 0 amide bonds. The molecule has 0 saturated carbocycles. The predicted octanol–water partition coefficient (Wildman–Crippen LogP) is 6.74. The molecule has 0 spiro atoms. The van der Waals surface area contributed by atoms with E-state index in [0.717, 1.165) is 5.39 Å². The van der Waals surface area contributed by atoms with Crippen molar-refractivity contribution in [2.24, 2.45) is 5.10 Å². The van der Waals surface area contributed by atoms with Crippen molar-refractivity contribution in [3.05, 3.63) is 112 Å². The zero-order valence-corrected chi connectivity index (χ0v) is 18.7. The Morgan fingerprint density at radius 2 is 1.80 bits per heavy atom. The first-order valence-corrected chi connectivity index (χ1v) is 11.0. The van der Waals surface area contributed by atoms with Crippen molar-refractivity contribution in [2.75, 3.05) is 0 Å². The zero-order valence-electron chi connectivity index (χ0n) is 18.0. The number of nitrogens with zero attached hydrogens (tertiary/aromatic N) is 3. The van der Waals surface area contributed by atoms with Crippen molar-refractivity contribution in [1.82, 2.24) is 9.66 Å². The van der Waals surface area contributed by atoms with E-state index in [1.54, 1.807) is 72.8 Å². The maximum Gasteiger partial charge on any atom is 0.282 e. The molecule has 3 aromatic carbocycles. The van der Waals surface area contributed by atoms with Gasteiger partial charge in [-0.3, -0.25) is 4.79 Å². The summed E-state index contributed by atoms with van der Waals surface area (Å²) >= 11 is 6.11. The van der Waals surface area contributed by atoms with Gasteiger partial charge in [0.2, 0.25) is 5.82 Å². The Morgan fingerprint density at radius 3 is 2.69 bits per heavy atom. The summed E-state index contributed by atoms with van der Waals surface area (Å²) in [5, 5.41) is 6.13. The van der Waals surface area contributed by atoms with Crippen LogP contribution >= 0.6 is 11.6 Å². The molecule has 3 heterocycles. The molecule has 6 nitrogen and oxygen atoms in total. The van der Waals surface area contributed by atoms with Gasteiger partial charge in [0.05, 0.1) is 17.1 Å². The van der Waals surface area contributed by atoms with Crippen LogP contribution in [0.2, 0.25) is 5.02 Å². The second-order valence-electron chi connectivity index (χ2n) is 7.82. The van der Waals surface area contributed by atoms with Gasteiger partial charge in [-0.2, -0.15) is 9.78 Å². The number of furan rings is 2. The number of hydrogen-bond acceptors (Lipinski definition) is 5. The molecule has 0 fully saturated rings. The van der Waals surface area contributed by atoms with Crippen molar-refractivity contribution >= 4 is 39.7 Å². The van der Waals surface area contributed by atoms with Gasteiger partial charge in [0, 0.05) is 16.0 Å². The van der Waals surface area contributed by atoms with Crippen molar-refractivity contribution in [2.45, 2.75) is 0 Å². The fourth-order valence-corrected chi connectivity index (χ4v) is 4.03. The third-order valence-corrected chi connectivity index (χ3v) is 5.72. The maximum atomic E-state index is 13.6. The summed E-state index contributed by atoms with van der Waals surface area (Å²) in [5.41, 5.74) is 1.35. The molecule has 0 unspecified atom stereocenters. The van der Waals surface area contributed by atoms with Gasteiger partial charge in [0.25, 0.3) is 5.56 Å². The van der Waals surface area contributed by atoms with Crippen LogP contribution in [0, 0.1) is 5.82 Å². The summed E-state index contributed by atoms with van der Waals surface area (Å²) < 4.78 is 26.5. The van der Waals surface area contributed by atoms with Gasteiger partial charge in [0.1, 0.15) is 22.9 Å². The van der Waals surface area contributed by atoms with Crippen molar-refractivity contribution < 1.29 is 13.2 Å². The zero-order chi connectivity index (χ0) is 23.9. The van der Waals surface area contributed by atoms with Gasteiger partial charge < -0.3 is 8.83 Å². The molecule has 6 rings (SSSR count). The highest BCUT2D eigenvalue weighted by molar-refractivity contribution is 6.31. The van der Waals surface area contributed by atoms with E-state index >= 15 is 0 Å². The lowest BCUT2D eigenvalue weighted by atomic mass is 10.2. The van der Waals surface area contributed by atoms with E-state index in [0.29, 0.717) is 44.4 Å². The summed E-state index contributed by atoms with van der Waals surface area (Å²) in [6.07, 6.45) is 1.41. The van der Waals surface area contributed by atoms with Gasteiger partial charge in [-0.1, -0.05) is 35.9 Å². The number of fused-ring (bicyclic) bond motifs is 2. The van der Waals surface area contributed by atoms with Crippen LogP contribution in [0.15, 0.2) is 104 Å². The van der Waals surface area contributed by atoms with Gasteiger partial charge in [-0.15, -0.1) is 0 Å². The lowest BCUT2D eigenvalue weighted by Gasteiger charge is -2.06. The molecule has 6 aromatic rings. The maximum absolute atomic E-state index is 13.6. The fraction of sp³-hybridized carbons (Fsp3) is 0. The Bertz CT molecular complexity index is 1820. The van der Waals surface area contributed by atoms with Crippen molar-refractivity contribution in [3.63, 3.8) is 0 Å². The molecule has 0 atom stereocenters. The van der Waals surface area contributed by atoms with Gasteiger partial charge in [-0.25, -0.2) is 9.37 Å². The minimum Gasteiger partial charge on any atom is -0.455 e. The van der Waals surface area contributed by atoms with Crippen LogP contribution in [-0.4, -0.2) is 15.9 Å². The van der Waals surface area contributed by atoms with E-state index in [-0.39, 0.29) is 17.2 Å². The Kier molecular flexibility index (Phi) is 5.04. The molecule has 35 heavy (non-hydrogen) atoms. The minimum absolute atomic E-state index is 0.231. The second kappa shape index (κ2) is 8.38. The van der Waals surface area contributed by atoms with Crippen LogP contribution in [0.4, 0.5) is 4.39 Å². The molecule has 0 aliphatic carbocycles. The highest BCUT2D eigenvalue weighted by atomic mass is 35.5. The second-order valence-corrected chi connectivity index (χ2v) is 8.26. The number of rotatable bonds is 4. The molecule has 0 saturated heterocycles. The molecular formula is C27H15ClFN3O3. The lowest BCUT2D eigenvalue weighted by molar-refractivity contribution is 0.571. The summed E-state index contributed by atoms with van der Waals surface area (Å²) in [5.74, 6) is 1.09. The molecule has 0 bridgehead atoms. The Morgan fingerprint density at radius 1 is 0.914 bits per heavy atom. The summed E-state index contributed by atoms with van der Waals surface area (Å²) in [6, 6.07) is 23.5. The molecule has 170 valence electrons. The Balaban J connectivity index is 1.47. The lowest BCUT2D eigenvalue weighted by Crippen LogP contribution is -2.20. The molecule has 0 radical (unpaired) electrons. The quantitative estimate of drug-likeness (QED) is 0.260. The largest absolute Gasteiger partial charge is 0.455 e. The summed E-state index contributed by atoms with van der Waals surface area (Å²) in [6.45, 7) is 0. The van der Waals surface area contributed by atoms with E-state index in [1.165, 1.54) is 23.0 Å². The van der Waals surface area contributed by atoms with Gasteiger partial charge in [-0.05, 0) is 60.7 Å². The minimum atomic E-state index is -0.364. The van der Waals surface area contributed by atoms with Crippen LogP contribution < -0.4 is 5.56 Å². The number of para-hydroxylation sites is 1.